The van der Waals surface area contributed by atoms with Gasteiger partial charge in [0.15, 0.2) is 0 Å². The number of hydrogen-bond donors (Lipinski definition) is 1. The van der Waals surface area contributed by atoms with E-state index in [9.17, 15) is 10.1 Å². The van der Waals surface area contributed by atoms with Crippen molar-refractivity contribution in [2.45, 2.75) is 39.3 Å². The summed E-state index contributed by atoms with van der Waals surface area (Å²) in [6.07, 6.45) is 5.44. The van der Waals surface area contributed by atoms with Gasteiger partial charge in [-0.2, -0.15) is 10.4 Å². The van der Waals surface area contributed by atoms with Gasteiger partial charge in [0.1, 0.15) is 17.6 Å². The molecule has 0 unspecified atom stereocenters. The monoisotopic (exact) mass is 473 g/mol. The third kappa shape index (κ3) is 5.13. The molecular weight excluding hydrogens is 446 g/mol. The average Bonchev–Trinajstić information content (AvgIpc) is 3.42. The summed E-state index contributed by atoms with van der Waals surface area (Å²) in [4.78, 5) is 21.9. The highest BCUT2D eigenvalue weighted by Crippen LogP contribution is 2.32. The first-order valence-corrected chi connectivity index (χ1v) is 11.5. The van der Waals surface area contributed by atoms with E-state index in [4.69, 9.17) is 10.3 Å². The zero-order valence-electron chi connectivity index (χ0n) is 19.9. The SMILES string of the molecule is CCOc1cc(-c2ccc(N3C[C@H](N=[N+]=[N-])[C@@H](NC(=O)CC(C)C)C3)nc2)c2c(C#N)cnn2c1. The molecule has 35 heavy (non-hydrogen) atoms. The Morgan fingerprint density at radius 1 is 1.40 bits per heavy atom. The van der Waals surface area contributed by atoms with Crippen molar-refractivity contribution in [3.8, 4) is 22.9 Å². The van der Waals surface area contributed by atoms with Crippen molar-refractivity contribution in [2.24, 2.45) is 11.0 Å². The topological polar surface area (TPSA) is 144 Å². The lowest BCUT2D eigenvalue weighted by Gasteiger charge is -2.19. The Kier molecular flexibility index (Phi) is 7.03. The molecule has 1 saturated heterocycles. The van der Waals surface area contributed by atoms with Crippen molar-refractivity contribution in [1.29, 1.82) is 5.26 Å². The summed E-state index contributed by atoms with van der Waals surface area (Å²) >= 11 is 0. The lowest BCUT2D eigenvalue weighted by Crippen LogP contribution is -2.42. The van der Waals surface area contributed by atoms with E-state index >= 15 is 0 Å². The lowest BCUT2D eigenvalue weighted by atomic mass is 10.1. The second-order valence-electron chi connectivity index (χ2n) is 8.84. The largest absolute Gasteiger partial charge is 0.492 e. The van der Waals surface area contributed by atoms with Crippen LogP contribution in [0.3, 0.4) is 0 Å². The second kappa shape index (κ2) is 10.3. The van der Waals surface area contributed by atoms with Crippen molar-refractivity contribution in [1.82, 2.24) is 19.9 Å². The van der Waals surface area contributed by atoms with Gasteiger partial charge in [0.2, 0.25) is 5.91 Å². The Bertz CT molecular complexity index is 1300. The van der Waals surface area contributed by atoms with Crippen LogP contribution in [-0.4, -0.2) is 52.3 Å². The van der Waals surface area contributed by atoms with Gasteiger partial charge < -0.3 is 15.0 Å². The van der Waals surface area contributed by atoms with E-state index in [1.807, 2.05) is 43.9 Å². The van der Waals surface area contributed by atoms with Crippen LogP contribution in [-0.2, 0) is 4.79 Å². The van der Waals surface area contributed by atoms with Crippen molar-refractivity contribution in [3.05, 3.63) is 52.8 Å². The van der Waals surface area contributed by atoms with Crippen LogP contribution in [0.5, 0.6) is 5.75 Å². The van der Waals surface area contributed by atoms with Crippen LogP contribution in [0.2, 0.25) is 0 Å². The fraction of sp³-hybridized carbons (Fsp3) is 0.417. The van der Waals surface area contributed by atoms with Crippen LogP contribution in [0.4, 0.5) is 5.82 Å². The number of amides is 1. The molecule has 4 rings (SSSR count). The number of anilines is 1. The quantitative estimate of drug-likeness (QED) is 0.300. The van der Waals surface area contributed by atoms with E-state index in [1.165, 1.54) is 6.20 Å². The Labute approximate surface area is 202 Å². The molecule has 0 radical (unpaired) electrons. The van der Waals surface area contributed by atoms with E-state index < -0.39 is 0 Å². The van der Waals surface area contributed by atoms with E-state index in [2.05, 4.69) is 31.5 Å². The summed E-state index contributed by atoms with van der Waals surface area (Å²) in [6.45, 7) is 7.32. The maximum atomic E-state index is 12.3. The molecule has 0 bridgehead atoms. The standard InChI is InChI=1S/C24H27N9O2/c1-4-35-18-8-19(24-17(9-25)11-28-33(24)12-18)16-5-6-22(27-10-16)32-13-20(21(14-32)30-31-26)29-23(34)7-15(2)3/h5-6,8,10-12,15,20-21H,4,7,13-14H2,1-3H3,(H,29,34)/t20-,21-/m0/s1. The van der Waals surface area contributed by atoms with Crippen molar-refractivity contribution >= 4 is 17.2 Å². The molecule has 0 saturated carbocycles. The number of carbonyl (C=O) groups is 1. The summed E-state index contributed by atoms with van der Waals surface area (Å²) in [7, 11) is 0. The summed E-state index contributed by atoms with van der Waals surface area (Å²) in [6, 6.07) is 7.21. The van der Waals surface area contributed by atoms with Crippen molar-refractivity contribution in [2.75, 3.05) is 24.6 Å². The van der Waals surface area contributed by atoms with Crippen LogP contribution in [0, 0.1) is 17.2 Å². The molecule has 11 nitrogen and oxygen atoms in total. The number of aromatic nitrogens is 3. The third-order valence-corrected chi connectivity index (χ3v) is 5.83. The van der Waals surface area contributed by atoms with Gasteiger partial charge >= 0.3 is 0 Å². The van der Waals surface area contributed by atoms with E-state index in [-0.39, 0.29) is 23.9 Å². The van der Waals surface area contributed by atoms with Crippen LogP contribution in [0.1, 0.15) is 32.8 Å². The molecule has 180 valence electrons. The fourth-order valence-corrected chi connectivity index (χ4v) is 4.31. The molecule has 3 aromatic rings. The molecule has 11 heteroatoms. The van der Waals surface area contributed by atoms with Gasteiger partial charge in [-0.25, -0.2) is 9.50 Å². The van der Waals surface area contributed by atoms with Gasteiger partial charge in [0.25, 0.3) is 0 Å². The number of fused-ring (bicyclic) bond motifs is 1. The minimum Gasteiger partial charge on any atom is -0.492 e. The van der Waals surface area contributed by atoms with E-state index in [1.54, 1.807) is 16.9 Å². The molecule has 0 spiro atoms. The highest BCUT2D eigenvalue weighted by atomic mass is 16.5. The number of nitriles is 1. The molecule has 0 aliphatic carbocycles. The number of hydrogen-bond acceptors (Lipinski definition) is 7. The van der Waals surface area contributed by atoms with E-state index in [0.29, 0.717) is 48.8 Å². The first kappa shape index (κ1) is 23.9. The van der Waals surface area contributed by atoms with Crippen molar-refractivity contribution < 1.29 is 9.53 Å². The molecule has 1 fully saturated rings. The Morgan fingerprint density at radius 3 is 2.89 bits per heavy atom. The molecule has 3 aromatic heterocycles. The summed E-state index contributed by atoms with van der Waals surface area (Å²) in [5.74, 6) is 1.53. The first-order valence-electron chi connectivity index (χ1n) is 11.5. The zero-order valence-corrected chi connectivity index (χ0v) is 19.9. The predicted molar refractivity (Wildman–Crippen MR) is 131 cm³/mol. The fourth-order valence-electron chi connectivity index (χ4n) is 4.31. The first-order chi connectivity index (χ1) is 16.9. The van der Waals surface area contributed by atoms with Gasteiger partial charge in [-0.15, -0.1) is 0 Å². The van der Waals surface area contributed by atoms with Gasteiger partial charge in [-0.05, 0) is 36.6 Å². The van der Waals surface area contributed by atoms with Crippen molar-refractivity contribution in [3.63, 3.8) is 0 Å². The number of ether oxygens (including phenoxy) is 1. The van der Waals surface area contributed by atoms with Gasteiger partial charge in [-0.1, -0.05) is 19.0 Å². The number of pyridine rings is 2. The van der Waals surface area contributed by atoms with Crippen LogP contribution < -0.4 is 15.0 Å². The van der Waals surface area contributed by atoms with Gasteiger partial charge in [-0.3, -0.25) is 4.79 Å². The minimum atomic E-state index is -0.384. The van der Waals surface area contributed by atoms with Crippen LogP contribution >= 0.6 is 0 Å². The summed E-state index contributed by atoms with van der Waals surface area (Å²) < 4.78 is 7.32. The highest BCUT2D eigenvalue weighted by Gasteiger charge is 2.34. The number of rotatable bonds is 8. The Morgan fingerprint density at radius 2 is 2.23 bits per heavy atom. The van der Waals surface area contributed by atoms with Gasteiger partial charge in [0, 0.05) is 41.7 Å². The lowest BCUT2D eigenvalue weighted by molar-refractivity contribution is -0.122. The Balaban J connectivity index is 1.60. The molecule has 1 amide bonds. The molecular formula is C24H27N9O2. The van der Waals surface area contributed by atoms with Crippen LogP contribution in [0.15, 0.2) is 41.9 Å². The number of carbonyl (C=O) groups excluding carboxylic acids is 1. The molecule has 1 aliphatic heterocycles. The minimum absolute atomic E-state index is 0.0550. The number of azide groups is 1. The maximum Gasteiger partial charge on any atom is 0.220 e. The summed E-state index contributed by atoms with van der Waals surface area (Å²) in [5.41, 5.74) is 11.7. The number of nitrogens with zero attached hydrogens (tertiary/aromatic N) is 8. The summed E-state index contributed by atoms with van der Waals surface area (Å²) in [5, 5.41) is 20.7. The smallest absolute Gasteiger partial charge is 0.220 e. The maximum absolute atomic E-state index is 12.3. The molecule has 0 aromatic carbocycles. The van der Waals surface area contributed by atoms with E-state index in [0.717, 1.165) is 11.1 Å². The van der Waals surface area contributed by atoms with Gasteiger partial charge in [0.05, 0.1) is 42.2 Å². The Hall–Kier alpha value is -4.29. The second-order valence-corrected chi connectivity index (χ2v) is 8.84. The average molecular weight is 474 g/mol. The third-order valence-electron chi connectivity index (χ3n) is 5.83. The molecule has 4 heterocycles. The normalized spacial score (nSPS) is 17.3. The highest BCUT2D eigenvalue weighted by molar-refractivity contribution is 5.85. The zero-order chi connectivity index (χ0) is 24.9. The predicted octanol–water partition coefficient (Wildman–Crippen LogP) is 3.70. The number of nitrogens with one attached hydrogen (secondary N) is 1. The molecule has 1 N–H and O–H groups in total. The molecule has 1 aliphatic rings. The van der Waals surface area contributed by atoms with Crippen LogP contribution in [0.25, 0.3) is 27.1 Å². The molecule has 2 atom stereocenters.